The van der Waals surface area contributed by atoms with Crippen LogP contribution in [0.2, 0.25) is 0 Å². The lowest BCUT2D eigenvalue weighted by Crippen LogP contribution is -2.40. The number of hydrogen-bond acceptors (Lipinski definition) is 3. The Bertz CT molecular complexity index is 778. The molecule has 1 amide bonds. The number of guanidine groups is 1. The van der Waals surface area contributed by atoms with E-state index in [1.807, 2.05) is 45.0 Å². The van der Waals surface area contributed by atoms with E-state index in [2.05, 4.69) is 47.0 Å². The van der Waals surface area contributed by atoms with E-state index < -0.39 is 0 Å². The van der Waals surface area contributed by atoms with Crippen molar-refractivity contribution in [2.75, 3.05) is 20.1 Å². The number of amides is 1. The molecule has 0 unspecified atom stereocenters. The molecule has 2 rings (SSSR count). The highest BCUT2D eigenvalue weighted by atomic mass is 32.1. The van der Waals surface area contributed by atoms with E-state index in [0.717, 1.165) is 31.0 Å². The highest BCUT2D eigenvalue weighted by Crippen LogP contribution is 2.11. The lowest BCUT2D eigenvalue weighted by molar-refractivity contribution is 0.0919. The molecule has 0 spiro atoms. The van der Waals surface area contributed by atoms with Gasteiger partial charge in [-0.3, -0.25) is 4.79 Å². The summed E-state index contributed by atoms with van der Waals surface area (Å²) in [7, 11) is 2.06. The zero-order valence-corrected chi connectivity index (χ0v) is 18.4. The van der Waals surface area contributed by atoms with Crippen LogP contribution in [0.15, 0.2) is 46.8 Å². The van der Waals surface area contributed by atoms with Crippen molar-refractivity contribution in [3.8, 4) is 0 Å². The molecule has 2 N–H and O–H groups in total. The summed E-state index contributed by atoms with van der Waals surface area (Å²) < 4.78 is 0. The molecular weight excluding hydrogens is 368 g/mol. The van der Waals surface area contributed by atoms with E-state index in [1.54, 1.807) is 11.3 Å². The summed E-state index contributed by atoms with van der Waals surface area (Å²) in [4.78, 5) is 20.7. The second kappa shape index (κ2) is 10.3. The van der Waals surface area contributed by atoms with Crippen LogP contribution in [0.4, 0.5) is 0 Å². The van der Waals surface area contributed by atoms with Crippen molar-refractivity contribution in [2.45, 2.75) is 46.2 Å². The number of likely N-dealkylation sites (N-methyl/N-ethyl adjacent to an activating group) is 1. The average molecular weight is 401 g/mol. The summed E-state index contributed by atoms with van der Waals surface area (Å²) in [6, 6.07) is 11.9. The van der Waals surface area contributed by atoms with Crippen LogP contribution >= 0.6 is 11.3 Å². The molecule has 0 saturated heterocycles. The molecule has 152 valence electrons. The first kappa shape index (κ1) is 22.0. The zero-order valence-electron chi connectivity index (χ0n) is 17.6. The van der Waals surface area contributed by atoms with Crippen molar-refractivity contribution in [3.05, 3.63) is 57.8 Å². The lowest BCUT2D eigenvalue weighted by Gasteiger charge is -2.22. The number of rotatable bonds is 7. The lowest BCUT2D eigenvalue weighted by atomic mass is 10.1. The van der Waals surface area contributed by atoms with Crippen LogP contribution in [0.25, 0.3) is 0 Å². The van der Waals surface area contributed by atoms with Crippen molar-refractivity contribution in [2.24, 2.45) is 4.99 Å². The van der Waals surface area contributed by atoms with Crippen LogP contribution in [0.5, 0.6) is 0 Å². The number of carbonyl (C=O) groups excluding carboxylic acids is 1. The van der Waals surface area contributed by atoms with E-state index >= 15 is 0 Å². The third kappa shape index (κ3) is 7.35. The Morgan fingerprint density at radius 3 is 2.64 bits per heavy atom. The van der Waals surface area contributed by atoms with Gasteiger partial charge in [0.15, 0.2) is 5.96 Å². The molecule has 0 fully saturated rings. The number of nitrogens with zero attached hydrogens (tertiary/aromatic N) is 2. The maximum Gasteiger partial charge on any atom is 0.251 e. The second-order valence-corrected chi connectivity index (χ2v) is 8.86. The fourth-order valence-electron chi connectivity index (χ4n) is 2.70. The van der Waals surface area contributed by atoms with E-state index in [0.29, 0.717) is 12.1 Å². The highest BCUT2D eigenvalue weighted by molar-refractivity contribution is 7.09. The molecule has 1 aromatic heterocycles. The van der Waals surface area contributed by atoms with Crippen LogP contribution in [-0.4, -0.2) is 42.4 Å². The van der Waals surface area contributed by atoms with Gasteiger partial charge in [-0.05, 0) is 63.3 Å². The van der Waals surface area contributed by atoms with Gasteiger partial charge in [0.25, 0.3) is 5.91 Å². The van der Waals surface area contributed by atoms with Gasteiger partial charge in [0.05, 0.1) is 6.54 Å². The van der Waals surface area contributed by atoms with E-state index in [9.17, 15) is 4.79 Å². The Morgan fingerprint density at radius 1 is 1.21 bits per heavy atom. The summed E-state index contributed by atoms with van der Waals surface area (Å²) in [5.41, 5.74) is 1.43. The Morgan fingerprint density at radius 2 is 2.00 bits per heavy atom. The van der Waals surface area contributed by atoms with Gasteiger partial charge in [0.1, 0.15) is 0 Å². The fraction of sp³-hybridized carbons (Fsp3) is 0.455. The summed E-state index contributed by atoms with van der Waals surface area (Å²) >= 11 is 1.78. The topological polar surface area (TPSA) is 56.7 Å². The van der Waals surface area contributed by atoms with Crippen LogP contribution in [0, 0.1) is 0 Å². The molecule has 2 aromatic rings. The van der Waals surface area contributed by atoms with Gasteiger partial charge >= 0.3 is 0 Å². The minimum absolute atomic E-state index is 0.0571. The molecule has 0 atom stereocenters. The Hall–Kier alpha value is -2.34. The maximum absolute atomic E-state index is 12.4. The average Bonchev–Trinajstić information content (AvgIpc) is 3.15. The quantitative estimate of drug-likeness (QED) is 0.547. The van der Waals surface area contributed by atoms with E-state index in [1.165, 1.54) is 4.88 Å². The number of aliphatic imine (C=N–C) groups is 1. The predicted molar refractivity (Wildman–Crippen MR) is 119 cm³/mol. The molecule has 5 nitrogen and oxygen atoms in total. The minimum Gasteiger partial charge on any atom is -0.357 e. The number of nitrogens with one attached hydrogen (secondary N) is 2. The first-order valence-corrected chi connectivity index (χ1v) is 10.6. The zero-order chi connectivity index (χ0) is 20.6. The molecule has 1 aromatic carbocycles. The highest BCUT2D eigenvalue weighted by Gasteiger charge is 2.15. The van der Waals surface area contributed by atoms with Gasteiger partial charge in [0, 0.05) is 36.1 Å². The van der Waals surface area contributed by atoms with Gasteiger partial charge < -0.3 is 15.5 Å². The van der Waals surface area contributed by atoms with E-state index in [-0.39, 0.29) is 11.4 Å². The molecule has 0 saturated carbocycles. The molecule has 0 radical (unpaired) electrons. The van der Waals surface area contributed by atoms with Crippen LogP contribution in [0.1, 0.15) is 48.5 Å². The monoisotopic (exact) mass is 400 g/mol. The van der Waals surface area contributed by atoms with E-state index in [4.69, 9.17) is 4.99 Å². The van der Waals surface area contributed by atoms with Crippen LogP contribution < -0.4 is 10.6 Å². The summed E-state index contributed by atoms with van der Waals surface area (Å²) in [5, 5.41) is 8.46. The molecule has 1 heterocycles. The normalized spacial score (nSPS) is 12.0. The number of hydrogen-bond donors (Lipinski definition) is 2. The molecule has 0 aliphatic heterocycles. The maximum atomic E-state index is 12.4. The summed E-state index contributed by atoms with van der Waals surface area (Å²) in [6.07, 6.45) is 1.00. The minimum atomic E-state index is -0.255. The van der Waals surface area contributed by atoms with Crippen molar-refractivity contribution in [1.29, 1.82) is 0 Å². The molecule has 0 bridgehead atoms. The predicted octanol–water partition coefficient (Wildman–Crippen LogP) is 3.92. The Balaban J connectivity index is 2.03. The smallest absolute Gasteiger partial charge is 0.251 e. The SMILES string of the molecule is CCNC(=NCc1cccc(C(=O)NC(C)(C)C)c1)N(C)CCc1cccs1. The third-order valence-corrected chi connectivity index (χ3v) is 5.00. The van der Waals surface area contributed by atoms with Gasteiger partial charge in [-0.25, -0.2) is 4.99 Å². The standard InChI is InChI=1S/C22H32N4OS/c1-6-23-21(26(5)13-12-19-11-8-14-28-19)24-16-17-9-7-10-18(15-17)20(27)25-22(2,3)4/h7-11,14-15H,6,12-13,16H2,1-5H3,(H,23,24)(H,25,27). The molecule has 6 heteroatoms. The second-order valence-electron chi connectivity index (χ2n) is 7.83. The first-order valence-electron chi connectivity index (χ1n) is 9.72. The number of benzene rings is 1. The summed E-state index contributed by atoms with van der Waals surface area (Å²) in [6.45, 7) is 10.3. The summed E-state index contributed by atoms with van der Waals surface area (Å²) in [5.74, 6) is 0.821. The van der Waals surface area contributed by atoms with Crippen molar-refractivity contribution in [3.63, 3.8) is 0 Å². The van der Waals surface area contributed by atoms with Gasteiger partial charge in [0.2, 0.25) is 0 Å². The van der Waals surface area contributed by atoms with Crippen molar-refractivity contribution in [1.82, 2.24) is 15.5 Å². The van der Waals surface area contributed by atoms with Crippen molar-refractivity contribution < 1.29 is 4.79 Å². The largest absolute Gasteiger partial charge is 0.357 e. The molecule has 28 heavy (non-hydrogen) atoms. The van der Waals surface area contributed by atoms with Crippen LogP contribution in [0.3, 0.4) is 0 Å². The Kier molecular flexibility index (Phi) is 8.05. The number of carbonyl (C=O) groups is 1. The van der Waals surface area contributed by atoms with Crippen molar-refractivity contribution >= 4 is 23.2 Å². The first-order chi connectivity index (χ1) is 13.3. The van der Waals surface area contributed by atoms with Gasteiger partial charge in [-0.1, -0.05) is 18.2 Å². The van der Waals surface area contributed by atoms with Crippen LogP contribution in [-0.2, 0) is 13.0 Å². The van der Waals surface area contributed by atoms with Gasteiger partial charge in [-0.2, -0.15) is 0 Å². The Labute approximate surface area is 172 Å². The number of thiophene rings is 1. The fourth-order valence-corrected chi connectivity index (χ4v) is 3.40. The molecule has 0 aliphatic carbocycles. The van der Waals surface area contributed by atoms with Gasteiger partial charge in [-0.15, -0.1) is 11.3 Å². The third-order valence-electron chi connectivity index (χ3n) is 4.06. The molecular formula is C22H32N4OS. The molecule has 0 aliphatic rings.